The Bertz CT molecular complexity index is 1230. The van der Waals surface area contributed by atoms with Gasteiger partial charge in [-0.15, -0.1) is 0 Å². The number of ether oxygens (including phenoxy) is 2. The summed E-state index contributed by atoms with van der Waals surface area (Å²) < 4.78 is 36.5. The summed E-state index contributed by atoms with van der Waals surface area (Å²) in [4.78, 5) is 40.0. The van der Waals surface area contributed by atoms with Gasteiger partial charge in [0, 0.05) is 12.6 Å². The van der Waals surface area contributed by atoms with Gasteiger partial charge >= 0.3 is 19.4 Å². The molecule has 3 N–H and O–H groups in total. The van der Waals surface area contributed by atoms with Crippen molar-refractivity contribution in [2.75, 3.05) is 13.2 Å². The summed E-state index contributed by atoms with van der Waals surface area (Å²) in [5, 5.41) is 13.1. The molecule has 36 heavy (non-hydrogen) atoms. The van der Waals surface area contributed by atoms with Gasteiger partial charge in [0.05, 0.1) is 24.9 Å². The van der Waals surface area contributed by atoms with E-state index in [2.05, 4.69) is 26.0 Å². The van der Waals surface area contributed by atoms with Crippen LogP contribution in [0.1, 0.15) is 32.1 Å². The monoisotopic (exact) mass is 587 g/mol. The van der Waals surface area contributed by atoms with Gasteiger partial charge in [0.25, 0.3) is 5.56 Å². The van der Waals surface area contributed by atoms with Crippen molar-refractivity contribution in [1.82, 2.24) is 14.6 Å². The van der Waals surface area contributed by atoms with Crippen LogP contribution in [0.25, 0.3) is 6.08 Å². The second-order valence-corrected chi connectivity index (χ2v) is 10.00. The zero-order valence-electron chi connectivity index (χ0n) is 19.5. The average Bonchev–Trinajstić information content (AvgIpc) is 3.20. The fraction of sp³-hybridized carbons (Fsp3) is 0.409. The highest BCUT2D eigenvalue weighted by molar-refractivity contribution is 9.11. The van der Waals surface area contributed by atoms with E-state index >= 15 is 0 Å². The molecule has 0 radical (unpaired) electrons. The topological polar surface area (TPSA) is 158 Å². The SMILES string of the molecule is CCOC(=O)[C@H](C)NP(=O)(OCC1OC(n2cc(C=CBr)c(=O)[nH]c2=O)CC1O)Oc1ccccc1. The van der Waals surface area contributed by atoms with Crippen LogP contribution in [0, 0.1) is 0 Å². The second-order valence-electron chi connectivity index (χ2n) is 7.78. The van der Waals surface area contributed by atoms with Gasteiger partial charge in [-0.2, -0.15) is 5.09 Å². The minimum atomic E-state index is -4.15. The minimum absolute atomic E-state index is 0.00788. The highest BCUT2D eigenvalue weighted by Gasteiger charge is 2.39. The number of esters is 1. The summed E-state index contributed by atoms with van der Waals surface area (Å²) in [6.07, 6.45) is -0.220. The van der Waals surface area contributed by atoms with Crippen LogP contribution in [0.4, 0.5) is 0 Å². The van der Waals surface area contributed by atoms with Crippen LogP contribution in [0.2, 0.25) is 0 Å². The van der Waals surface area contributed by atoms with Gasteiger partial charge in [-0.25, -0.2) is 9.36 Å². The van der Waals surface area contributed by atoms with Gasteiger partial charge in [0.1, 0.15) is 24.1 Å². The zero-order chi connectivity index (χ0) is 26.3. The van der Waals surface area contributed by atoms with Crippen molar-refractivity contribution < 1.29 is 33.0 Å². The maximum Gasteiger partial charge on any atom is 0.459 e. The summed E-state index contributed by atoms with van der Waals surface area (Å²) in [6, 6.07) is 7.18. The molecule has 3 rings (SSSR count). The molecule has 0 aliphatic carbocycles. The first kappa shape index (κ1) is 28.0. The number of aromatic amines is 1. The molecule has 12 nitrogen and oxygen atoms in total. The molecule has 1 aromatic carbocycles. The van der Waals surface area contributed by atoms with E-state index in [0.717, 1.165) is 4.57 Å². The van der Waals surface area contributed by atoms with E-state index in [1.165, 1.54) is 24.2 Å². The molecule has 1 aliphatic rings. The summed E-state index contributed by atoms with van der Waals surface area (Å²) in [7, 11) is -4.15. The fourth-order valence-corrected chi connectivity index (χ4v) is 5.16. The highest BCUT2D eigenvalue weighted by Crippen LogP contribution is 2.45. The number of carbonyl (C=O) groups is 1. The molecule has 2 aromatic rings. The minimum Gasteiger partial charge on any atom is -0.465 e. The molecule has 0 amide bonds. The van der Waals surface area contributed by atoms with Gasteiger partial charge < -0.3 is 19.1 Å². The van der Waals surface area contributed by atoms with E-state index in [1.807, 2.05) is 0 Å². The number of nitrogens with zero attached hydrogens (tertiary/aromatic N) is 1. The van der Waals surface area contributed by atoms with E-state index in [0.29, 0.717) is 0 Å². The number of benzene rings is 1. The van der Waals surface area contributed by atoms with Crippen molar-refractivity contribution in [3.05, 3.63) is 67.9 Å². The molecule has 14 heteroatoms. The predicted molar refractivity (Wildman–Crippen MR) is 134 cm³/mol. The number of hydrogen-bond acceptors (Lipinski definition) is 9. The lowest BCUT2D eigenvalue weighted by Gasteiger charge is -2.24. The van der Waals surface area contributed by atoms with Gasteiger partial charge in [-0.1, -0.05) is 34.1 Å². The standard InChI is InChI=1S/C22H27BrN3O9P/c1-3-32-21(29)14(2)25-36(31,35-16-7-5-4-6-8-16)33-13-18-17(27)11-19(34-18)26-12-15(9-10-23)20(28)24-22(26)30/h4-10,12,14,17-19,27H,3,11,13H2,1-2H3,(H,25,31)(H,24,28,30)/t14-,17?,18?,19?,36?/m0/s1. The molecule has 1 saturated heterocycles. The molecule has 4 unspecified atom stereocenters. The Hall–Kier alpha value is -2.54. The molecule has 196 valence electrons. The molecule has 1 fully saturated rings. The third-order valence-electron chi connectivity index (χ3n) is 5.12. The number of aliphatic hydroxyl groups excluding tert-OH is 1. The summed E-state index contributed by atoms with van der Waals surface area (Å²) in [6.45, 7) is 2.83. The van der Waals surface area contributed by atoms with Crippen LogP contribution >= 0.6 is 23.7 Å². The number of nitrogens with one attached hydrogen (secondary N) is 2. The third-order valence-corrected chi connectivity index (χ3v) is 7.03. The molecular formula is C22H27BrN3O9P. The first-order valence-electron chi connectivity index (χ1n) is 11.0. The first-order valence-corrected chi connectivity index (χ1v) is 13.5. The Morgan fingerprint density at radius 2 is 2.11 bits per heavy atom. The Balaban J connectivity index is 1.75. The Labute approximate surface area is 214 Å². The molecule has 1 aliphatic heterocycles. The number of aliphatic hydroxyl groups is 1. The summed E-state index contributed by atoms with van der Waals surface area (Å²) in [5.74, 6) is -0.427. The molecule has 1 aromatic heterocycles. The number of H-pyrrole nitrogens is 1. The van der Waals surface area contributed by atoms with Crippen LogP contribution in [-0.2, 0) is 23.4 Å². The Morgan fingerprint density at radius 1 is 1.39 bits per heavy atom. The Kier molecular flexibility index (Phi) is 9.83. The van der Waals surface area contributed by atoms with Crippen LogP contribution < -0.4 is 20.9 Å². The predicted octanol–water partition coefficient (Wildman–Crippen LogP) is 2.30. The van der Waals surface area contributed by atoms with Crippen molar-refractivity contribution >= 4 is 35.7 Å². The van der Waals surface area contributed by atoms with E-state index in [9.17, 15) is 24.1 Å². The quantitative estimate of drug-likeness (QED) is 0.263. The van der Waals surface area contributed by atoms with Gasteiger partial charge in [0.15, 0.2) is 0 Å². The van der Waals surface area contributed by atoms with Crippen LogP contribution in [0.3, 0.4) is 0 Å². The number of hydrogen-bond donors (Lipinski definition) is 3. The van der Waals surface area contributed by atoms with Gasteiger partial charge in [-0.3, -0.25) is 23.7 Å². The van der Waals surface area contributed by atoms with Crippen molar-refractivity contribution in [1.29, 1.82) is 0 Å². The molecule has 0 spiro atoms. The van der Waals surface area contributed by atoms with E-state index in [-0.39, 0.29) is 24.3 Å². The van der Waals surface area contributed by atoms with Gasteiger partial charge in [0.2, 0.25) is 0 Å². The molecule has 0 bridgehead atoms. The smallest absolute Gasteiger partial charge is 0.459 e. The second kappa shape index (κ2) is 12.6. The largest absolute Gasteiger partial charge is 0.465 e. The molecular weight excluding hydrogens is 561 g/mol. The number of aromatic nitrogens is 2. The number of para-hydroxylation sites is 1. The number of rotatable bonds is 11. The number of halogens is 1. The summed E-state index contributed by atoms with van der Waals surface area (Å²) in [5.41, 5.74) is -1.10. The lowest BCUT2D eigenvalue weighted by atomic mass is 10.2. The van der Waals surface area contributed by atoms with Crippen LogP contribution in [0.5, 0.6) is 5.75 Å². The van der Waals surface area contributed by atoms with E-state index < -0.39 is 56.0 Å². The highest BCUT2D eigenvalue weighted by atomic mass is 79.9. The molecule has 2 heterocycles. The van der Waals surface area contributed by atoms with Crippen LogP contribution in [-0.4, -0.2) is 52.1 Å². The van der Waals surface area contributed by atoms with Gasteiger partial charge in [-0.05, 0) is 37.0 Å². The molecule has 0 saturated carbocycles. The fourth-order valence-electron chi connectivity index (χ4n) is 3.38. The van der Waals surface area contributed by atoms with Crippen molar-refractivity contribution in [2.24, 2.45) is 0 Å². The lowest BCUT2D eigenvalue weighted by Crippen LogP contribution is -2.36. The van der Waals surface area contributed by atoms with Crippen molar-refractivity contribution in [3.63, 3.8) is 0 Å². The average molecular weight is 588 g/mol. The van der Waals surface area contributed by atoms with E-state index in [1.54, 1.807) is 37.3 Å². The maximum atomic E-state index is 13.5. The summed E-state index contributed by atoms with van der Waals surface area (Å²) >= 11 is 3.08. The lowest BCUT2D eigenvalue weighted by molar-refractivity contribution is -0.144. The Morgan fingerprint density at radius 3 is 2.78 bits per heavy atom. The maximum absolute atomic E-state index is 13.5. The van der Waals surface area contributed by atoms with Crippen LogP contribution in [0.15, 0.2) is 51.1 Å². The van der Waals surface area contributed by atoms with E-state index in [4.69, 9.17) is 18.5 Å². The zero-order valence-corrected chi connectivity index (χ0v) is 22.0. The third kappa shape index (κ3) is 7.25. The van der Waals surface area contributed by atoms with Crippen molar-refractivity contribution in [3.8, 4) is 5.75 Å². The van der Waals surface area contributed by atoms with Crippen molar-refractivity contribution in [2.45, 2.75) is 44.7 Å². The first-order chi connectivity index (χ1) is 17.2. The normalized spacial score (nSPS) is 22.3. The molecule has 5 atom stereocenters. The number of carbonyl (C=O) groups excluding carboxylic acids is 1.